The van der Waals surface area contributed by atoms with Crippen molar-refractivity contribution in [2.24, 2.45) is 0 Å². The topological polar surface area (TPSA) is 9.23 Å². The molecule has 0 atom stereocenters. The normalized spacial score (nSPS) is 21.0. The number of alkyl halides is 4. The molecule has 0 spiro atoms. The van der Waals surface area contributed by atoms with Crippen molar-refractivity contribution in [2.45, 2.75) is 50.7 Å². The predicted octanol–water partition coefficient (Wildman–Crippen LogP) is 3.19. The minimum Gasteiger partial charge on any atom is -0.313 e. The summed E-state index contributed by atoms with van der Waals surface area (Å²) in [4.78, 5) is 0. The minimum atomic E-state index is -4.28. The lowest BCUT2D eigenvalue weighted by molar-refractivity contribution is -0.321. The Morgan fingerprint density at radius 3 is 2.08 bits per heavy atom. The van der Waals surface area contributed by atoms with Gasteiger partial charge >= 0.3 is 12.5 Å². The second kappa shape index (κ2) is 4.26. The lowest BCUT2D eigenvalue weighted by Crippen LogP contribution is -2.35. The van der Waals surface area contributed by atoms with Gasteiger partial charge in [0.1, 0.15) is 0 Å². The summed E-state index contributed by atoms with van der Waals surface area (Å²) >= 11 is 0. The van der Waals surface area contributed by atoms with Gasteiger partial charge in [-0.25, -0.2) is 8.78 Å². The van der Waals surface area contributed by atoms with Crippen LogP contribution in [0.2, 0.25) is 0 Å². The molecule has 78 valence electrons. The molecule has 1 nitrogen and oxygen atoms in total. The fraction of sp³-hybridized carbons (Fsp3) is 1.00. The van der Waals surface area contributed by atoms with Crippen molar-refractivity contribution in [3.8, 4) is 0 Å². The fourth-order valence-corrected chi connectivity index (χ4v) is 1.46. The van der Waals surface area contributed by atoms with Crippen LogP contribution in [0.4, 0.5) is 17.6 Å². The monoisotopic (exact) mass is 200 g/mol. The molecule has 1 saturated carbocycles. The summed E-state index contributed by atoms with van der Waals surface area (Å²) in [5, 5.41) is 0. The molecule has 0 aliphatic heterocycles. The summed E-state index contributed by atoms with van der Waals surface area (Å²) in [5.74, 6) is 0. The van der Waals surface area contributed by atoms with E-state index in [0.717, 1.165) is 19.3 Å². The van der Waals surface area contributed by atoms with Crippen LogP contribution in [0.15, 0.2) is 0 Å². The van der Waals surface area contributed by atoms with Crippen LogP contribution >= 0.6 is 0 Å². The molecule has 13 heavy (non-hydrogen) atoms. The highest BCUT2D eigenvalue weighted by atomic mass is 19.3. The maximum absolute atomic E-state index is 12.4. The molecule has 1 aliphatic carbocycles. The van der Waals surface area contributed by atoms with E-state index in [0.29, 0.717) is 12.8 Å². The van der Waals surface area contributed by atoms with Gasteiger partial charge in [-0.2, -0.15) is 8.78 Å². The number of ether oxygens (including phenoxy) is 1. The molecule has 0 bridgehead atoms. The van der Waals surface area contributed by atoms with Gasteiger partial charge < -0.3 is 4.74 Å². The third kappa shape index (κ3) is 3.14. The van der Waals surface area contributed by atoms with Crippen molar-refractivity contribution < 1.29 is 22.3 Å². The molecule has 0 aromatic heterocycles. The Kier molecular flexibility index (Phi) is 3.53. The van der Waals surface area contributed by atoms with Gasteiger partial charge in [0, 0.05) is 0 Å². The first-order chi connectivity index (χ1) is 6.02. The molecule has 5 heteroatoms. The highest BCUT2D eigenvalue weighted by Gasteiger charge is 2.44. The first-order valence-electron chi connectivity index (χ1n) is 4.36. The van der Waals surface area contributed by atoms with Gasteiger partial charge in [-0.1, -0.05) is 19.3 Å². The summed E-state index contributed by atoms with van der Waals surface area (Å²) in [7, 11) is 0. The Morgan fingerprint density at radius 2 is 1.62 bits per heavy atom. The van der Waals surface area contributed by atoms with Gasteiger partial charge in [0.15, 0.2) is 0 Å². The second-order valence-electron chi connectivity index (χ2n) is 3.24. The number of hydrogen-bond acceptors (Lipinski definition) is 1. The Morgan fingerprint density at radius 1 is 1.08 bits per heavy atom. The second-order valence-corrected chi connectivity index (χ2v) is 3.24. The molecule has 1 aliphatic rings. The van der Waals surface area contributed by atoms with Crippen LogP contribution in [0, 0.1) is 0 Å². The lowest BCUT2D eigenvalue weighted by Gasteiger charge is -2.26. The Balaban J connectivity index is 2.37. The van der Waals surface area contributed by atoms with Crippen LogP contribution in [0.3, 0.4) is 0 Å². The van der Waals surface area contributed by atoms with Crippen molar-refractivity contribution in [3.63, 3.8) is 0 Å². The largest absolute Gasteiger partial charge is 0.416 e. The van der Waals surface area contributed by atoms with E-state index in [4.69, 9.17) is 0 Å². The van der Waals surface area contributed by atoms with Gasteiger partial charge in [0.05, 0.1) is 6.10 Å². The third-order valence-corrected chi connectivity index (χ3v) is 2.13. The van der Waals surface area contributed by atoms with Gasteiger partial charge in [-0.15, -0.1) is 0 Å². The molecule has 0 heterocycles. The SMILES string of the molecule is FC(F)C(F)(F)OC1CCCCC1. The van der Waals surface area contributed by atoms with Gasteiger partial charge in [-0.05, 0) is 12.8 Å². The van der Waals surface area contributed by atoms with Crippen LogP contribution in [-0.2, 0) is 4.74 Å². The standard InChI is InChI=1S/C8H12F4O/c9-7(10)8(11,12)13-6-4-2-1-3-5-6/h6-7H,1-5H2. The predicted molar refractivity (Wildman–Crippen MR) is 38.9 cm³/mol. The van der Waals surface area contributed by atoms with Crippen molar-refractivity contribution in [3.05, 3.63) is 0 Å². The maximum Gasteiger partial charge on any atom is 0.416 e. The van der Waals surface area contributed by atoms with E-state index in [1.807, 2.05) is 0 Å². The van der Waals surface area contributed by atoms with Crippen molar-refractivity contribution in [2.75, 3.05) is 0 Å². The lowest BCUT2D eigenvalue weighted by atomic mass is 9.98. The number of rotatable bonds is 3. The summed E-state index contributed by atoms with van der Waals surface area (Å²) in [5.41, 5.74) is 0. The van der Waals surface area contributed by atoms with E-state index in [-0.39, 0.29) is 0 Å². The molecule has 0 aromatic carbocycles. The van der Waals surface area contributed by atoms with Crippen LogP contribution < -0.4 is 0 Å². The van der Waals surface area contributed by atoms with Crippen molar-refractivity contribution >= 4 is 0 Å². The van der Waals surface area contributed by atoms with Gasteiger partial charge in [0.2, 0.25) is 0 Å². The highest BCUT2D eigenvalue weighted by molar-refractivity contribution is 4.68. The molecular formula is C8H12F4O. The maximum atomic E-state index is 12.4. The highest BCUT2D eigenvalue weighted by Crippen LogP contribution is 2.30. The number of halogens is 4. The smallest absolute Gasteiger partial charge is 0.313 e. The zero-order valence-corrected chi connectivity index (χ0v) is 7.11. The van der Waals surface area contributed by atoms with E-state index >= 15 is 0 Å². The van der Waals surface area contributed by atoms with E-state index in [2.05, 4.69) is 4.74 Å². The average molecular weight is 200 g/mol. The van der Waals surface area contributed by atoms with E-state index in [1.165, 1.54) is 0 Å². The average Bonchev–Trinajstić information content (AvgIpc) is 2.05. The third-order valence-electron chi connectivity index (χ3n) is 2.13. The molecule has 0 unspecified atom stereocenters. The van der Waals surface area contributed by atoms with Crippen LogP contribution in [0.1, 0.15) is 32.1 Å². The Hall–Kier alpha value is -0.320. The van der Waals surface area contributed by atoms with Crippen molar-refractivity contribution in [1.29, 1.82) is 0 Å². The Labute approximate surface area is 74.1 Å². The minimum absolute atomic E-state index is 0.461. The van der Waals surface area contributed by atoms with Crippen LogP contribution in [0.25, 0.3) is 0 Å². The molecule has 0 aromatic rings. The molecular weight excluding hydrogens is 188 g/mol. The first kappa shape index (κ1) is 10.8. The zero-order valence-electron chi connectivity index (χ0n) is 7.11. The molecule has 0 amide bonds. The summed E-state index contributed by atoms with van der Waals surface area (Å²) < 4.78 is 52.2. The van der Waals surface area contributed by atoms with Gasteiger partial charge in [0.25, 0.3) is 0 Å². The molecule has 0 saturated heterocycles. The van der Waals surface area contributed by atoms with Crippen LogP contribution in [-0.4, -0.2) is 18.6 Å². The quantitative estimate of drug-likeness (QED) is 0.635. The molecule has 1 rings (SSSR count). The zero-order chi connectivity index (χ0) is 9.90. The Bertz CT molecular complexity index is 154. The summed E-state index contributed by atoms with van der Waals surface area (Å²) in [6.07, 6.45) is -5.24. The first-order valence-corrected chi connectivity index (χ1v) is 4.36. The molecule has 1 fully saturated rings. The van der Waals surface area contributed by atoms with Crippen LogP contribution in [0.5, 0.6) is 0 Å². The summed E-state index contributed by atoms with van der Waals surface area (Å²) in [6.45, 7) is 0. The molecule has 0 radical (unpaired) electrons. The number of hydrogen-bond donors (Lipinski definition) is 0. The van der Waals surface area contributed by atoms with Crippen molar-refractivity contribution in [1.82, 2.24) is 0 Å². The fourth-order valence-electron chi connectivity index (χ4n) is 1.46. The van der Waals surface area contributed by atoms with E-state index < -0.39 is 18.6 Å². The van der Waals surface area contributed by atoms with E-state index in [1.54, 1.807) is 0 Å². The summed E-state index contributed by atoms with van der Waals surface area (Å²) in [6, 6.07) is 0. The molecule has 0 N–H and O–H groups in total. The van der Waals surface area contributed by atoms with Gasteiger partial charge in [-0.3, -0.25) is 0 Å². The van der Waals surface area contributed by atoms with E-state index in [9.17, 15) is 17.6 Å².